The highest BCUT2D eigenvalue weighted by Gasteiger charge is 2.15. The van der Waals surface area contributed by atoms with Crippen LogP contribution in [0, 0.1) is 0 Å². The molecule has 146 valence electrons. The van der Waals surface area contributed by atoms with Crippen LogP contribution >= 0.6 is 22.9 Å². The molecule has 3 heteroatoms. The van der Waals surface area contributed by atoms with Crippen LogP contribution in [0.2, 0.25) is 5.02 Å². The topological polar surface area (TPSA) is 4.93 Å². The molecule has 0 saturated carbocycles. The summed E-state index contributed by atoms with van der Waals surface area (Å²) >= 11 is 8.09. The molecular formula is C28H16ClNS. The number of aromatic nitrogens is 1. The van der Waals surface area contributed by atoms with E-state index in [0.29, 0.717) is 0 Å². The van der Waals surface area contributed by atoms with Crippen molar-refractivity contribution in [2.75, 3.05) is 0 Å². The van der Waals surface area contributed by atoms with Crippen molar-refractivity contribution < 1.29 is 0 Å². The van der Waals surface area contributed by atoms with Crippen LogP contribution in [-0.4, -0.2) is 4.57 Å². The van der Waals surface area contributed by atoms with Crippen LogP contribution in [0.15, 0.2) is 97.1 Å². The maximum absolute atomic E-state index is 6.27. The van der Waals surface area contributed by atoms with Crippen molar-refractivity contribution in [3.05, 3.63) is 102 Å². The number of hydrogen-bond acceptors (Lipinski definition) is 1. The van der Waals surface area contributed by atoms with Gasteiger partial charge in [-0.3, -0.25) is 0 Å². The Morgan fingerprint density at radius 3 is 2.35 bits per heavy atom. The van der Waals surface area contributed by atoms with Gasteiger partial charge in [0, 0.05) is 41.7 Å². The minimum absolute atomic E-state index is 0.783. The zero-order valence-corrected chi connectivity index (χ0v) is 18.0. The summed E-state index contributed by atoms with van der Waals surface area (Å²) in [7, 11) is 0. The minimum atomic E-state index is 0.783. The highest BCUT2D eigenvalue weighted by atomic mass is 35.5. The lowest BCUT2D eigenvalue weighted by atomic mass is 10.0. The average Bonchev–Trinajstić information content (AvgIpc) is 3.34. The van der Waals surface area contributed by atoms with E-state index in [9.17, 15) is 0 Å². The molecule has 7 rings (SSSR count). The molecule has 0 bridgehead atoms. The fourth-order valence-corrected chi connectivity index (χ4v) is 6.19. The second-order valence-electron chi connectivity index (χ2n) is 7.96. The maximum Gasteiger partial charge on any atom is 0.0547 e. The molecule has 0 unspecified atom stereocenters. The number of benzene rings is 5. The molecule has 0 aliphatic rings. The first kappa shape index (κ1) is 17.4. The third kappa shape index (κ3) is 2.43. The molecule has 0 spiro atoms. The average molecular weight is 434 g/mol. The van der Waals surface area contributed by atoms with Gasteiger partial charge in [0.2, 0.25) is 0 Å². The van der Waals surface area contributed by atoms with Gasteiger partial charge >= 0.3 is 0 Å². The molecule has 0 aliphatic heterocycles. The van der Waals surface area contributed by atoms with Crippen LogP contribution in [0.3, 0.4) is 0 Å². The molecule has 0 atom stereocenters. The Balaban J connectivity index is 1.60. The second kappa shape index (κ2) is 6.34. The van der Waals surface area contributed by atoms with Crippen LogP contribution in [0.25, 0.3) is 58.4 Å². The quantitative estimate of drug-likeness (QED) is 0.243. The van der Waals surface area contributed by atoms with Crippen LogP contribution < -0.4 is 0 Å². The second-order valence-corrected chi connectivity index (χ2v) is 9.48. The molecule has 7 aromatic rings. The normalized spacial score (nSPS) is 12.0. The first-order valence-electron chi connectivity index (χ1n) is 10.3. The van der Waals surface area contributed by atoms with Crippen molar-refractivity contribution in [2.45, 2.75) is 0 Å². The van der Waals surface area contributed by atoms with Crippen LogP contribution in [-0.2, 0) is 0 Å². The number of hydrogen-bond donors (Lipinski definition) is 0. The molecule has 2 aromatic heterocycles. The number of halogens is 1. The number of rotatable bonds is 1. The van der Waals surface area contributed by atoms with Gasteiger partial charge in [-0.25, -0.2) is 0 Å². The van der Waals surface area contributed by atoms with E-state index in [1.165, 1.54) is 58.4 Å². The van der Waals surface area contributed by atoms with Gasteiger partial charge in [-0.15, -0.1) is 11.3 Å². The molecule has 2 heterocycles. The van der Waals surface area contributed by atoms with Gasteiger partial charge in [-0.2, -0.15) is 0 Å². The first-order valence-corrected chi connectivity index (χ1v) is 11.5. The summed E-state index contributed by atoms with van der Waals surface area (Å²) < 4.78 is 4.94. The van der Waals surface area contributed by atoms with E-state index >= 15 is 0 Å². The molecule has 0 N–H and O–H groups in total. The number of fused-ring (bicyclic) bond motifs is 8. The molecule has 1 nitrogen and oxygen atoms in total. The van der Waals surface area contributed by atoms with Gasteiger partial charge in [-0.05, 0) is 53.2 Å². The van der Waals surface area contributed by atoms with Gasteiger partial charge in [-0.1, -0.05) is 66.2 Å². The summed E-state index contributed by atoms with van der Waals surface area (Å²) in [5.74, 6) is 0. The Morgan fingerprint density at radius 1 is 0.581 bits per heavy atom. The van der Waals surface area contributed by atoms with E-state index in [0.717, 1.165) is 5.02 Å². The summed E-state index contributed by atoms with van der Waals surface area (Å²) in [6, 6.07) is 34.8. The van der Waals surface area contributed by atoms with Gasteiger partial charge in [0.25, 0.3) is 0 Å². The molecule has 5 aromatic carbocycles. The van der Waals surface area contributed by atoms with E-state index in [2.05, 4.69) is 95.6 Å². The third-order valence-electron chi connectivity index (χ3n) is 6.24. The van der Waals surface area contributed by atoms with Gasteiger partial charge in [0.05, 0.1) is 11.0 Å². The predicted octanol–water partition coefficient (Wildman–Crippen LogP) is 8.96. The molecule has 0 saturated heterocycles. The Hall–Kier alpha value is -3.33. The van der Waals surface area contributed by atoms with E-state index in [4.69, 9.17) is 11.6 Å². The fraction of sp³-hybridized carbons (Fsp3) is 0. The standard InChI is InChI=1S/C28H16ClNS/c29-18-10-14-26-23(15-18)21-12-11-19(16-27(21)31-26)30-24-8-4-3-7-22(24)28-20-6-2-1-5-17(20)9-13-25(28)30/h1-16H. The van der Waals surface area contributed by atoms with Gasteiger partial charge in [0.1, 0.15) is 0 Å². The molecular weight excluding hydrogens is 418 g/mol. The number of nitrogens with zero attached hydrogens (tertiary/aromatic N) is 1. The summed E-state index contributed by atoms with van der Waals surface area (Å²) in [5.41, 5.74) is 3.66. The van der Waals surface area contributed by atoms with Crippen LogP contribution in [0.4, 0.5) is 0 Å². The maximum atomic E-state index is 6.27. The third-order valence-corrected chi connectivity index (χ3v) is 7.61. The monoisotopic (exact) mass is 433 g/mol. The minimum Gasteiger partial charge on any atom is -0.309 e. The zero-order chi connectivity index (χ0) is 20.5. The van der Waals surface area contributed by atoms with Crippen molar-refractivity contribution in [1.82, 2.24) is 4.57 Å². The molecule has 0 aliphatic carbocycles. The largest absolute Gasteiger partial charge is 0.309 e. The molecule has 31 heavy (non-hydrogen) atoms. The lowest BCUT2D eigenvalue weighted by Gasteiger charge is -2.08. The van der Waals surface area contributed by atoms with Crippen molar-refractivity contribution >= 4 is 75.7 Å². The van der Waals surface area contributed by atoms with Crippen LogP contribution in [0.1, 0.15) is 0 Å². The van der Waals surface area contributed by atoms with Gasteiger partial charge < -0.3 is 4.57 Å². The lowest BCUT2D eigenvalue weighted by Crippen LogP contribution is -1.93. The van der Waals surface area contributed by atoms with Gasteiger partial charge in [0.15, 0.2) is 0 Å². The number of para-hydroxylation sites is 1. The fourth-order valence-electron chi connectivity index (χ4n) is 4.89. The zero-order valence-electron chi connectivity index (χ0n) is 16.5. The Labute approximate surface area is 187 Å². The Kier molecular flexibility index (Phi) is 3.55. The van der Waals surface area contributed by atoms with Crippen LogP contribution in [0.5, 0.6) is 0 Å². The predicted molar refractivity (Wildman–Crippen MR) is 136 cm³/mol. The van der Waals surface area contributed by atoms with Crippen molar-refractivity contribution in [3.63, 3.8) is 0 Å². The Bertz CT molecular complexity index is 1810. The van der Waals surface area contributed by atoms with Crippen molar-refractivity contribution in [3.8, 4) is 5.69 Å². The number of thiophene rings is 1. The lowest BCUT2D eigenvalue weighted by molar-refractivity contribution is 1.19. The smallest absolute Gasteiger partial charge is 0.0547 e. The van der Waals surface area contributed by atoms with E-state index in [-0.39, 0.29) is 0 Å². The SMILES string of the molecule is Clc1ccc2sc3cc(-n4c5ccccc5c5c6ccccc6ccc54)ccc3c2c1. The summed E-state index contributed by atoms with van der Waals surface area (Å²) in [6.45, 7) is 0. The van der Waals surface area contributed by atoms with Crippen molar-refractivity contribution in [1.29, 1.82) is 0 Å². The summed E-state index contributed by atoms with van der Waals surface area (Å²) in [6.07, 6.45) is 0. The van der Waals surface area contributed by atoms with E-state index in [1.807, 2.05) is 17.4 Å². The highest BCUT2D eigenvalue weighted by molar-refractivity contribution is 7.25. The summed E-state index contributed by atoms with van der Waals surface area (Å²) in [4.78, 5) is 0. The first-order chi connectivity index (χ1) is 15.3. The Morgan fingerprint density at radius 2 is 1.42 bits per heavy atom. The highest BCUT2D eigenvalue weighted by Crippen LogP contribution is 2.40. The summed E-state index contributed by atoms with van der Waals surface area (Å²) in [5, 5.41) is 8.45. The molecule has 0 fully saturated rings. The van der Waals surface area contributed by atoms with Crippen molar-refractivity contribution in [2.24, 2.45) is 0 Å². The molecule has 0 radical (unpaired) electrons. The van der Waals surface area contributed by atoms with E-state index < -0.39 is 0 Å². The van der Waals surface area contributed by atoms with E-state index in [1.54, 1.807) is 0 Å². The molecule has 0 amide bonds.